The maximum Gasteiger partial charge on any atom is 0.227 e. The average Bonchev–Trinajstić information content (AvgIpc) is 2.90. The Labute approximate surface area is 137 Å². The van der Waals surface area contributed by atoms with E-state index in [1.807, 2.05) is 18.7 Å². The molecule has 0 bridgehead atoms. The van der Waals surface area contributed by atoms with Crippen molar-refractivity contribution >= 4 is 11.8 Å². The lowest BCUT2D eigenvalue weighted by molar-refractivity contribution is -0.136. The molecule has 1 saturated heterocycles. The van der Waals surface area contributed by atoms with Gasteiger partial charge in [-0.05, 0) is 18.9 Å². The number of halogens is 1. The van der Waals surface area contributed by atoms with E-state index in [2.05, 4.69) is 0 Å². The molecule has 1 aromatic rings. The zero-order valence-corrected chi connectivity index (χ0v) is 13.9. The monoisotopic (exact) mass is 320 g/mol. The molecule has 2 rings (SSSR count). The average molecular weight is 320 g/mol. The summed E-state index contributed by atoms with van der Waals surface area (Å²) < 4.78 is 13.7. The second-order valence-electron chi connectivity index (χ2n) is 6.09. The highest BCUT2D eigenvalue weighted by Crippen LogP contribution is 2.23. The summed E-state index contributed by atoms with van der Waals surface area (Å²) >= 11 is 0. The summed E-state index contributed by atoms with van der Waals surface area (Å²) in [5.74, 6) is -0.626. The molecule has 0 radical (unpaired) electrons. The lowest BCUT2D eigenvalue weighted by Crippen LogP contribution is -2.38. The van der Waals surface area contributed by atoms with Gasteiger partial charge in [0.2, 0.25) is 11.8 Å². The first-order valence-electron chi connectivity index (χ1n) is 8.36. The van der Waals surface area contributed by atoms with Crippen molar-refractivity contribution in [1.82, 2.24) is 9.80 Å². The Kier molecular flexibility index (Phi) is 6.13. The van der Waals surface area contributed by atoms with Gasteiger partial charge in [0.1, 0.15) is 5.82 Å². The molecule has 4 nitrogen and oxygen atoms in total. The number of benzene rings is 1. The topological polar surface area (TPSA) is 40.6 Å². The summed E-state index contributed by atoms with van der Waals surface area (Å²) in [5, 5.41) is 0. The van der Waals surface area contributed by atoms with Gasteiger partial charge in [-0.25, -0.2) is 4.39 Å². The van der Waals surface area contributed by atoms with Crippen LogP contribution in [0, 0.1) is 11.7 Å². The minimum absolute atomic E-state index is 0.0538. The van der Waals surface area contributed by atoms with Crippen LogP contribution in [-0.2, 0) is 16.1 Å². The normalized spacial score (nSPS) is 17.6. The van der Waals surface area contributed by atoms with Crippen molar-refractivity contribution in [1.29, 1.82) is 0 Å². The van der Waals surface area contributed by atoms with Crippen LogP contribution in [0.1, 0.15) is 38.7 Å². The Morgan fingerprint density at radius 1 is 1.26 bits per heavy atom. The number of likely N-dealkylation sites (tertiary alicyclic amines) is 1. The zero-order chi connectivity index (χ0) is 16.8. The Hall–Kier alpha value is -1.91. The molecule has 1 aliphatic heterocycles. The molecule has 0 spiro atoms. The van der Waals surface area contributed by atoms with Crippen LogP contribution in [-0.4, -0.2) is 41.2 Å². The lowest BCUT2D eigenvalue weighted by Gasteiger charge is -2.24. The highest BCUT2D eigenvalue weighted by Gasteiger charge is 2.36. The van der Waals surface area contributed by atoms with Gasteiger partial charge in [-0.1, -0.05) is 32.0 Å². The van der Waals surface area contributed by atoms with Crippen LogP contribution < -0.4 is 0 Å². The van der Waals surface area contributed by atoms with Crippen LogP contribution in [0.3, 0.4) is 0 Å². The molecule has 1 fully saturated rings. The van der Waals surface area contributed by atoms with Crippen LogP contribution in [0.2, 0.25) is 0 Å². The van der Waals surface area contributed by atoms with Gasteiger partial charge in [0.25, 0.3) is 0 Å². The number of hydrogen-bond donors (Lipinski definition) is 0. The van der Waals surface area contributed by atoms with Gasteiger partial charge in [-0.15, -0.1) is 0 Å². The smallest absolute Gasteiger partial charge is 0.227 e. The van der Waals surface area contributed by atoms with E-state index in [4.69, 9.17) is 0 Å². The van der Waals surface area contributed by atoms with Crippen LogP contribution in [0.25, 0.3) is 0 Å². The van der Waals surface area contributed by atoms with E-state index in [9.17, 15) is 14.0 Å². The van der Waals surface area contributed by atoms with E-state index in [0.29, 0.717) is 12.1 Å². The largest absolute Gasteiger partial charge is 0.342 e. The van der Waals surface area contributed by atoms with Gasteiger partial charge in [0.05, 0.1) is 5.92 Å². The Bertz CT molecular complexity index is 556. The van der Waals surface area contributed by atoms with Crippen molar-refractivity contribution in [3.63, 3.8) is 0 Å². The number of rotatable bonds is 7. The third kappa shape index (κ3) is 4.30. The molecule has 5 heteroatoms. The molecule has 0 N–H and O–H groups in total. The minimum Gasteiger partial charge on any atom is -0.342 e. The predicted octanol–water partition coefficient (Wildman–Crippen LogP) is 2.82. The number of nitrogens with zero attached hydrogens (tertiary/aromatic N) is 2. The first-order chi connectivity index (χ1) is 11.1. The molecule has 126 valence electrons. The van der Waals surface area contributed by atoms with E-state index < -0.39 is 0 Å². The van der Waals surface area contributed by atoms with Crippen molar-refractivity contribution in [2.24, 2.45) is 5.92 Å². The van der Waals surface area contributed by atoms with Gasteiger partial charge < -0.3 is 9.80 Å². The molecule has 2 amide bonds. The van der Waals surface area contributed by atoms with E-state index in [0.717, 1.165) is 25.9 Å². The molecular weight excluding hydrogens is 295 g/mol. The summed E-state index contributed by atoms with van der Waals surface area (Å²) in [6.07, 6.45) is 2.05. The second-order valence-corrected chi connectivity index (χ2v) is 6.09. The Balaban J connectivity index is 2.01. The molecule has 0 unspecified atom stereocenters. The first-order valence-corrected chi connectivity index (χ1v) is 8.36. The molecule has 0 aliphatic carbocycles. The highest BCUT2D eigenvalue weighted by atomic mass is 19.1. The molecule has 0 aromatic heterocycles. The zero-order valence-electron chi connectivity index (χ0n) is 13.9. The molecule has 23 heavy (non-hydrogen) atoms. The van der Waals surface area contributed by atoms with E-state index in [-0.39, 0.29) is 36.5 Å². The molecule has 1 heterocycles. The van der Waals surface area contributed by atoms with Crippen molar-refractivity contribution in [3.05, 3.63) is 35.6 Å². The lowest BCUT2D eigenvalue weighted by atomic mass is 10.1. The molecule has 1 aromatic carbocycles. The third-order valence-corrected chi connectivity index (χ3v) is 4.18. The van der Waals surface area contributed by atoms with E-state index in [1.165, 1.54) is 6.07 Å². The van der Waals surface area contributed by atoms with Gasteiger partial charge in [0.15, 0.2) is 0 Å². The van der Waals surface area contributed by atoms with E-state index >= 15 is 0 Å². The standard InChI is InChI=1S/C18H25FN2O2/c1-3-9-20(10-4-2)18(23)15-11-17(22)21(13-15)12-14-7-5-6-8-16(14)19/h5-8,15H,3-4,9-13H2,1-2H3/t15-/m1/s1. The summed E-state index contributed by atoms with van der Waals surface area (Å²) in [7, 11) is 0. The van der Waals surface area contributed by atoms with Gasteiger partial charge in [-0.3, -0.25) is 9.59 Å². The highest BCUT2D eigenvalue weighted by molar-refractivity contribution is 5.89. The fourth-order valence-electron chi connectivity index (χ4n) is 3.05. The van der Waals surface area contributed by atoms with Gasteiger partial charge in [0, 0.05) is 38.2 Å². The molecule has 1 aliphatic rings. The van der Waals surface area contributed by atoms with Crippen molar-refractivity contribution in [2.75, 3.05) is 19.6 Å². The maximum atomic E-state index is 13.7. The summed E-state index contributed by atoms with van der Waals surface area (Å²) in [6.45, 7) is 6.16. The summed E-state index contributed by atoms with van der Waals surface area (Å²) in [6, 6.07) is 6.46. The maximum absolute atomic E-state index is 13.7. The minimum atomic E-state index is -0.311. The predicted molar refractivity (Wildman–Crippen MR) is 87.1 cm³/mol. The SMILES string of the molecule is CCCN(CCC)C(=O)[C@@H]1CC(=O)N(Cc2ccccc2F)C1. The van der Waals surface area contributed by atoms with E-state index in [1.54, 1.807) is 23.1 Å². The van der Waals surface area contributed by atoms with Gasteiger partial charge in [-0.2, -0.15) is 0 Å². The first kappa shape index (κ1) is 17.4. The van der Waals surface area contributed by atoms with Gasteiger partial charge >= 0.3 is 0 Å². The number of amides is 2. The van der Waals surface area contributed by atoms with Crippen LogP contribution in [0.4, 0.5) is 4.39 Å². The quantitative estimate of drug-likeness (QED) is 0.775. The van der Waals surface area contributed by atoms with Crippen LogP contribution in [0.5, 0.6) is 0 Å². The molecular formula is C18H25FN2O2. The third-order valence-electron chi connectivity index (χ3n) is 4.18. The van der Waals surface area contributed by atoms with Crippen molar-refractivity contribution in [3.8, 4) is 0 Å². The Morgan fingerprint density at radius 3 is 2.52 bits per heavy atom. The fourth-order valence-corrected chi connectivity index (χ4v) is 3.05. The second kappa shape index (κ2) is 8.09. The summed E-state index contributed by atoms with van der Waals surface area (Å²) in [5.41, 5.74) is 0.493. The molecule has 0 saturated carbocycles. The van der Waals surface area contributed by atoms with Crippen molar-refractivity contribution < 1.29 is 14.0 Å². The number of carbonyl (C=O) groups is 2. The number of hydrogen-bond acceptors (Lipinski definition) is 2. The Morgan fingerprint density at radius 2 is 1.91 bits per heavy atom. The fraction of sp³-hybridized carbons (Fsp3) is 0.556. The summed E-state index contributed by atoms with van der Waals surface area (Å²) in [4.78, 5) is 28.2. The van der Waals surface area contributed by atoms with Crippen LogP contribution in [0.15, 0.2) is 24.3 Å². The van der Waals surface area contributed by atoms with Crippen molar-refractivity contribution in [2.45, 2.75) is 39.7 Å². The van der Waals surface area contributed by atoms with Crippen LogP contribution >= 0.6 is 0 Å². The number of carbonyl (C=O) groups excluding carboxylic acids is 2. The molecule has 1 atom stereocenters.